The van der Waals surface area contributed by atoms with Crippen LogP contribution in [0.1, 0.15) is 31.1 Å². The molecule has 6 nitrogen and oxygen atoms in total. The molecule has 0 heterocycles. The molecule has 0 aliphatic carbocycles. The molecule has 0 aliphatic heterocycles. The van der Waals surface area contributed by atoms with Gasteiger partial charge in [-0.1, -0.05) is 11.8 Å². The number of hydrogen-bond acceptors (Lipinski definition) is 5. The molecule has 2 aromatic carbocycles. The van der Waals surface area contributed by atoms with E-state index in [0.717, 1.165) is 4.90 Å². The average Bonchev–Trinajstić information content (AvgIpc) is 2.54. The Labute approximate surface area is 135 Å². The maximum absolute atomic E-state index is 11.4. The average molecular weight is 332 g/mol. The number of carbonyl (C=O) groups excluding carboxylic acids is 1. The van der Waals surface area contributed by atoms with Gasteiger partial charge in [-0.2, -0.15) is 0 Å². The second kappa shape index (κ2) is 6.97. The predicted molar refractivity (Wildman–Crippen MR) is 82.3 cm³/mol. The summed E-state index contributed by atoms with van der Waals surface area (Å²) in [5.74, 6) is -3.03. The van der Waals surface area contributed by atoms with Crippen molar-refractivity contribution in [2.24, 2.45) is 0 Å². The summed E-state index contributed by atoms with van der Waals surface area (Å²) in [6.07, 6.45) is 0. The summed E-state index contributed by atoms with van der Waals surface area (Å²) < 4.78 is 4.61. The van der Waals surface area contributed by atoms with Crippen molar-refractivity contribution >= 4 is 29.7 Å². The molecule has 0 aliphatic rings. The van der Waals surface area contributed by atoms with E-state index in [1.165, 1.54) is 37.1 Å². The highest BCUT2D eigenvalue weighted by atomic mass is 32.2. The van der Waals surface area contributed by atoms with Crippen LogP contribution in [0.2, 0.25) is 0 Å². The Morgan fingerprint density at radius 3 is 1.96 bits per heavy atom. The lowest BCUT2D eigenvalue weighted by Crippen LogP contribution is -2.07. The molecular weight excluding hydrogens is 320 g/mol. The Morgan fingerprint density at radius 1 is 0.870 bits per heavy atom. The maximum Gasteiger partial charge on any atom is 0.337 e. The van der Waals surface area contributed by atoms with Crippen molar-refractivity contribution in [3.05, 3.63) is 59.2 Å². The van der Waals surface area contributed by atoms with Crippen LogP contribution in [0.4, 0.5) is 0 Å². The molecule has 0 bridgehead atoms. The number of benzene rings is 2. The summed E-state index contributed by atoms with van der Waals surface area (Å²) in [4.78, 5) is 34.9. The highest BCUT2D eigenvalue weighted by Crippen LogP contribution is 2.29. The van der Waals surface area contributed by atoms with Gasteiger partial charge < -0.3 is 14.9 Å². The van der Waals surface area contributed by atoms with Gasteiger partial charge >= 0.3 is 17.9 Å². The third-order valence-corrected chi connectivity index (χ3v) is 3.96. The lowest BCUT2D eigenvalue weighted by Gasteiger charge is -2.06. The molecule has 0 fully saturated rings. The van der Waals surface area contributed by atoms with Gasteiger partial charge in [-0.05, 0) is 42.5 Å². The van der Waals surface area contributed by atoms with E-state index in [-0.39, 0.29) is 11.1 Å². The van der Waals surface area contributed by atoms with E-state index in [1.807, 2.05) is 0 Å². The molecular formula is C16H12O6S. The minimum absolute atomic E-state index is 0.261. The monoisotopic (exact) mass is 332 g/mol. The predicted octanol–water partition coefficient (Wildman–Crippen LogP) is 3.02. The topological polar surface area (TPSA) is 101 Å². The zero-order valence-corrected chi connectivity index (χ0v) is 12.8. The summed E-state index contributed by atoms with van der Waals surface area (Å²) in [6, 6.07) is 10.7. The standard InChI is InChI=1S/C16H12O6S/c1-22-16(21)9-2-4-10(5-3-9)23-11-6-7-12(14(17)18)13(8-11)15(19)20/h2-8H,1H3,(H,17,18)(H,19,20). The zero-order valence-electron chi connectivity index (χ0n) is 12.0. The molecule has 0 amide bonds. The Morgan fingerprint density at radius 2 is 1.43 bits per heavy atom. The Kier molecular flexibility index (Phi) is 5.02. The van der Waals surface area contributed by atoms with Gasteiger partial charge in [-0.15, -0.1) is 0 Å². The molecule has 118 valence electrons. The van der Waals surface area contributed by atoms with E-state index in [1.54, 1.807) is 24.3 Å². The molecule has 0 spiro atoms. The van der Waals surface area contributed by atoms with Crippen LogP contribution in [0.25, 0.3) is 0 Å². The first-order valence-electron chi connectivity index (χ1n) is 6.39. The van der Waals surface area contributed by atoms with Crippen molar-refractivity contribution in [2.45, 2.75) is 9.79 Å². The number of carbonyl (C=O) groups is 3. The van der Waals surface area contributed by atoms with Gasteiger partial charge in [0.25, 0.3) is 0 Å². The molecule has 23 heavy (non-hydrogen) atoms. The molecule has 7 heteroatoms. The van der Waals surface area contributed by atoms with E-state index < -0.39 is 17.9 Å². The van der Waals surface area contributed by atoms with Crippen LogP contribution >= 0.6 is 11.8 Å². The fourth-order valence-electron chi connectivity index (χ4n) is 1.86. The summed E-state index contributed by atoms with van der Waals surface area (Å²) in [5, 5.41) is 18.1. The molecule has 0 saturated heterocycles. The Hall–Kier alpha value is -2.80. The van der Waals surface area contributed by atoms with Gasteiger partial charge in [0.2, 0.25) is 0 Å². The molecule has 0 aromatic heterocycles. The first kappa shape index (κ1) is 16.6. The molecule has 0 atom stereocenters. The largest absolute Gasteiger partial charge is 0.478 e. The number of aromatic carboxylic acids is 2. The summed E-state index contributed by atoms with van der Waals surface area (Å²) in [7, 11) is 1.29. The van der Waals surface area contributed by atoms with E-state index in [9.17, 15) is 14.4 Å². The normalized spacial score (nSPS) is 10.1. The van der Waals surface area contributed by atoms with Crippen LogP contribution in [0.15, 0.2) is 52.3 Å². The van der Waals surface area contributed by atoms with Gasteiger partial charge in [-0.25, -0.2) is 14.4 Å². The van der Waals surface area contributed by atoms with E-state index >= 15 is 0 Å². The minimum Gasteiger partial charge on any atom is -0.478 e. The van der Waals surface area contributed by atoms with Crippen molar-refractivity contribution in [3.63, 3.8) is 0 Å². The summed E-state index contributed by atoms with van der Waals surface area (Å²) in [6.45, 7) is 0. The summed E-state index contributed by atoms with van der Waals surface area (Å²) >= 11 is 1.26. The first-order valence-corrected chi connectivity index (χ1v) is 7.21. The number of hydrogen-bond donors (Lipinski definition) is 2. The van der Waals surface area contributed by atoms with Crippen molar-refractivity contribution in [2.75, 3.05) is 7.11 Å². The SMILES string of the molecule is COC(=O)c1ccc(Sc2ccc(C(=O)O)c(C(=O)O)c2)cc1. The van der Waals surface area contributed by atoms with E-state index in [2.05, 4.69) is 4.74 Å². The van der Waals surface area contributed by atoms with Crippen LogP contribution in [0, 0.1) is 0 Å². The maximum atomic E-state index is 11.4. The minimum atomic E-state index is -1.30. The highest BCUT2D eigenvalue weighted by Gasteiger charge is 2.16. The van der Waals surface area contributed by atoms with Crippen LogP contribution in [0.3, 0.4) is 0 Å². The number of esters is 1. The lowest BCUT2D eigenvalue weighted by molar-refractivity contribution is 0.0599. The zero-order chi connectivity index (χ0) is 17.0. The molecule has 2 N–H and O–H groups in total. The molecule has 0 saturated carbocycles. The van der Waals surface area contributed by atoms with Crippen LogP contribution in [-0.4, -0.2) is 35.2 Å². The van der Waals surface area contributed by atoms with Crippen LogP contribution < -0.4 is 0 Å². The van der Waals surface area contributed by atoms with Crippen molar-refractivity contribution in [1.29, 1.82) is 0 Å². The molecule has 0 unspecified atom stereocenters. The quantitative estimate of drug-likeness (QED) is 0.812. The van der Waals surface area contributed by atoms with Crippen LogP contribution in [0.5, 0.6) is 0 Å². The smallest absolute Gasteiger partial charge is 0.337 e. The number of methoxy groups -OCH3 is 1. The second-order valence-electron chi connectivity index (χ2n) is 4.44. The van der Waals surface area contributed by atoms with E-state index in [0.29, 0.717) is 10.5 Å². The molecule has 0 radical (unpaired) electrons. The van der Waals surface area contributed by atoms with E-state index in [4.69, 9.17) is 10.2 Å². The number of rotatable bonds is 5. The van der Waals surface area contributed by atoms with Gasteiger partial charge in [-0.3, -0.25) is 0 Å². The summed E-state index contributed by atoms with van der Waals surface area (Å²) in [5.41, 5.74) is -0.124. The second-order valence-corrected chi connectivity index (χ2v) is 5.58. The molecule has 2 rings (SSSR count). The number of ether oxygens (including phenoxy) is 1. The van der Waals surface area contributed by atoms with Gasteiger partial charge in [0, 0.05) is 9.79 Å². The Bertz CT molecular complexity index is 767. The fourth-order valence-corrected chi connectivity index (χ4v) is 2.72. The Balaban J connectivity index is 2.26. The lowest BCUT2D eigenvalue weighted by atomic mass is 10.1. The van der Waals surface area contributed by atoms with Gasteiger partial charge in [0.05, 0.1) is 23.8 Å². The number of carboxylic acid groups (broad SMARTS) is 2. The highest BCUT2D eigenvalue weighted by molar-refractivity contribution is 7.99. The fraction of sp³-hybridized carbons (Fsp3) is 0.0625. The molecule has 2 aromatic rings. The van der Waals surface area contributed by atoms with Crippen molar-refractivity contribution in [3.8, 4) is 0 Å². The van der Waals surface area contributed by atoms with Crippen molar-refractivity contribution in [1.82, 2.24) is 0 Å². The van der Waals surface area contributed by atoms with Gasteiger partial charge in [0.15, 0.2) is 0 Å². The third-order valence-electron chi connectivity index (χ3n) is 2.96. The third kappa shape index (κ3) is 3.89. The van der Waals surface area contributed by atoms with Crippen molar-refractivity contribution < 1.29 is 29.3 Å². The van der Waals surface area contributed by atoms with Gasteiger partial charge in [0.1, 0.15) is 0 Å². The number of carboxylic acids is 2. The van der Waals surface area contributed by atoms with Crippen LogP contribution in [-0.2, 0) is 4.74 Å². The first-order chi connectivity index (χ1) is 10.9.